The molecule has 5 heteroatoms. The fourth-order valence-electron chi connectivity index (χ4n) is 1.96. The summed E-state index contributed by atoms with van der Waals surface area (Å²) in [7, 11) is 0. The van der Waals surface area contributed by atoms with Gasteiger partial charge < -0.3 is 10.1 Å². The fourth-order valence-corrected chi connectivity index (χ4v) is 2.41. The molecule has 19 heavy (non-hydrogen) atoms. The summed E-state index contributed by atoms with van der Waals surface area (Å²) in [5.41, 5.74) is 1.07. The molecule has 2 N–H and O–H groups in total. The molecule has 0 saturated carbocycles. The van der Waals surface area contributed by atoms with Gasteiger partial charge in [-0.05, 0) is 23.6 Å². The first-order valence-corrected chi connectivity index (χ1v) is 6.83. The summed E-state index contributed by atoms with van der Waals surface area (Å²) in [6.07, 6.45) is 0.473. The largest absolute Gasteiger partial charge is 0.493 e. The molecule has 0 aliphatic rings. The minimum Gasteiger partial charge on any atom is -0.493 e. The van der Waals surface area contributed by atoms with Crippen LogP contribution in [0.3, 0.4) is 0 Å². The van der Waals surface area contributed by atoms with E-state index in [0.717, 1.165) is 10.0 Å². The maximum atomic E-state index is 11.9. The van der Waals surface area contributed by atoms with Crippen molar-refractivity contribution >= 4 is 15.9 Å². The maximum Gasteiger partial charge on any atom is 0.258 e. The molecule has 0 amide bonds. The van der Waals surface area contributed by atoms with Crippen molar-refractivity contribution in [3.05, 3.63) is 56.0 Å². The van der Waals surface area contributed by atoms with Gasteiger partial charge in [0, 0.05) is 10.9 Å². The van der Waals surface area contributed by atoms with Crippen LogP contribution in [0.2, 0.25) is 0 Å². The van der Waals surface area contributed by atoms with Gasteiger partial charge >= 0.3 is 0 Å². The predicted octanol–water partition coefficient (Wildman–Crippen LogP) is 2.95. The highest BCUT2D eigenvalue weighted by Gasteiger charge is 2.14. The lowest BCUT2D eigenvalue weighted by atomic mass is 10.1. The molecular formula is C14H15BrN2O2. The molecule has 0 bridgehead atoms. The smallest absolute Gasteiger partial charge is 0.258 e. The zero-order valence-corrected chi connectivity index (χ0v) is 12.4. The van der Waals surface area contributed by atoms with Crippen LogP contribution in [0.4, 0.5) is 0 Å². The zero-order valence-electron chi connectivity index (χ0n) is 10.8. The van der Waals surface area contributed by atoms with Gasteiger partial charge in [0.1, 0.15) is 5.82 Å². The Labute approximate surface area is 119 Å². The van der Waals surface area contributed by atoms with Crippen LogP contribution in [-0.4, -0.2) is 15.1 Å². The third kappa shape index (κ3) is 3.23. The predicted molar refractivity (Wildman–Crippen MR) is 77.6 cm³/mol. The van der Waals surface area contributed by atoms with Crippen LogP contribution in [0.15, 0.2) is 33.5 Å². The number of halogens is 1. The first-order chi connectivity index (χ1) is 8.97. The minimum atomic E-state index is -0.271. The summed E-state index contributed by atoms with van der Waals surface area (Å²) >= 11 is 3.39. The van der Waals surface area contributed by atoms with E-state index in [1.54, 1.807) is 0 Å². The van der Waals surface area contributed by atoms with E-state index in [9.17, 15) is 9.90 Å². The number of aromatic hydroxyl groups is 1. The Kier molecular flexibility index (Phi) is 4.04. The number of benzene rings is 1. The van der Waals surface area contributed by atoms with Gasteiger partial charge in [-0.2, -0.15) is 4.98 Å². The fraction of sp³-hybridized carbons (Fsp3) is 0.286. The molecule has 0 radical (unpaired) electrons. The molecular weight excluding hydrogens is 308 g/mol. The number of hydrogen-bond donors (Lipinski definition) is 2. The lowest BCUT2D eigenvalue weighted by molar-refractivity contribution is 0.436. The molecule has 1 aromatic carbocycles. The molecule has 0 unspecified atom stereocenters. The van der Waals surface area contributed by atoms with E-state index in [4.69, 9.17) is 0 Å². The number of rotatable bonds is 3. The molecule has 4 nitrogen and oxygen atoms in total. The van der Waals surface area contributed by atoms with Crippen LogP contribution in [0.25, 0.3) is 0 Å². The molecule has 0 aliphatic carbocycles. The Morgan fingerprint density at radius 1 is 1.42 bits per heavy atom. The van der Waals surface area contributed by atoms with Gasteiger partial charge in [-0.25, -0.2) is 0 Å². The zero-order chi connectivity index (χ0) is 14.0. The third-order valence-corrected chi connectivity index (χ3v) is 3.32. The number of hydrogen-bond acceptors (Lipinski definition) is 3. The molecule has 0 spiro atoms. The molecule has 0 fully saturated rings. The molecule has 0 aliphatic heterocycles. The van der Waals surface area contributed by atoms with Gasteiger partial charge in [-0.1, -0.05) is 41.9 Å². The second kappa shape index (κ2) is 5.57. The van der Waals surface area contributed by atoms with Crippen LogP contribution in [0.5, 0.6) is 5.88 Å². The van der Waals surface area contributed by atoms with E-state index >= 15 is 0 Å². The van der Waals surface area contributed by atoms with E-state index in [0.29, 0.717) is 17.8 Å². The van der Waals surface area contributed by atoms with Gasteiger partial charge in [-0.3, -0.25) is 4.79 Å². The monoisotopic (exact) mass is 322 g/mol. The highest BCUT2D eigenvalue weighted by atomic mass is 79.9. The van der Waals surface area contributed by atoms with Crippen molar-refractivity contribution in [2.24, 2.45) is 0 Å². The number of nitrogens with one attached hydrogen (secondary N) is 1. The van der Waals surface area contributed by atoms with Crippen LogP contribution >= 0.6 is 15.9 Å². The van der Waals surface area contributed by atoms with Crippen LogP contribution < -0.4 is 5.56 Å². The average Bonchev–Trinajstić information content (AvgIpc) is 2.27. The first kappa shape index (κ1) is 13.8. The Balaban J connectivity index is 2.35. The third-order valence-electron chi connectivity index (χ3n) is 2.82. The standard InChI is InChI=1S/C14H15BrN2O2/c1-8(2)12-13(18)16-11(17-14(12)19)7-9-4-3-5-10(15)6-9/h3-6,8H,7H2,1-2H3,(H2,16,17,18,19). The lowest BCUT2D eigenvalue weighted by Gasteiger charge is -2.08. The summed E-state index contributed by atoms with van der Waals surface area (Å²) in [5.74, 6) is 0.227. The lowest BCUT2D eigenvalue weighted by Crippen LogP contribution is -2.18. The van der Waals surface area contributed by atoms with Gasteiger partial charge in [0.25, 0.3) is 5.56 Å². The first-order valence-electron chi connectivity index (χ1n) is 6.04. The topological polar surface area (TPSA) is 66.0 Å². The van der Waals surface area contributed by atoms with Gasteiger partial charge in [-0.15, -0.1) is 0 Å². The van der Waals surface area contributed by atoms with E-state index in [2.05, 4.69) is 25.9 Å². The van der Waals surface area contributed by atoms with Crippen molar-refractivity contribution in [2.45, 2.75) is 26.2 Å². The summed E-state index contributed by atoms with van der Waals surface area (Å²) in [4.78, 5) is 18.7. The summed E-state index contributed by atoms with van der Waals surface area (Å²) in [6, 6.07) is 7.74. The van der Waals surface area contributed by atoms with Gasteiger partial charge in [0.15, 0.2) is 0 Å². The Bertz CT molecular complexity index is 650. The number of aromatic amines is 1. The summed E-state index contributed by atoms with van der Waals surface area (Å²) in [6.45, 7) is 3.69. The molecule has 100 valence electrons. The number of H-pyrrole nitrogens is 1. The van der Waals surface area contributed by atoms with Crippen LogP contribution in [0, 0.1) is 0 Å². The maximum absolute atomic E-state index is 11.9. The quantitative estimate of drug-likeness (QED) is 0.913. The van der Waals surface area contributed by atoms with Crippen molar-refractivity contribution in [2.75, 3.05) is 0 Å². The average molecular weight is 323 g/mol. The van der Waals surface area contributed by atoms with Crippen molar-refractivity contribution in [3.8, 4) is 5.88 Å². The molecule has 2 aromatic rings. The summed E-state index contributed by atoms with van der Waals surface area (Å²) in [5, 5.41) is 9.83. The van der Waals surface area contributed by atoms with Gasteiger partial charge in [0.2, 0.25) is 5.88 Å². The Morgan fingerprint density at radius 3 is 2.74 bits per heavy atom. The minimum absolute atomic E-state index is 0.0591. The molecule has 0 atom stereocenters. The normalized spacial score (nSPS) is 10.9. The van der Waals surface area contributed by atoms with E-state index in [1.165, 1.54) is 0 Å². The van der Waals surface area contributed by atoms with Crippen LogP contribution in [0.1, 0.15) is 36.7 Å². The number of nitrogens with zero attached hydrogens (tertiary/aromatic N) is 1. The summed E-state index contributed by atoms with van der Waals surface area (Å²) < 4.78 is 0.968. The highest BCUT2D eigenvalue weighted by Crippen LogP contribution is 2.19. The molecule has 0 saturated heterocycles. The molecule has 1 aromatic heterocycles. The van der Waals surface area contributed by atoms with E-state index in [1.807, 2.05) is 38.1 Å². The van der Waals surface area contributed by atoms with E-state index < -0.39 is 0 Å². The highest BCUT2D eigenvalue weighted by molar-refractivity contribution is 9.10. The van der Waals surface area contributed by atoms with Crippen molar-refractivity contribution in [1.29, 1.82) is 0 Å². The van der Waals surface area contributed by atoms with Crippen molar-refractivity contribution in [3.63, 3.8) is 0 Å². The Morgan fingerprint density at radius 2 is 2.16 bits per heavy atom. The van der Waals surface area contributed by atoms with Crippen molar-refractivity contribution in [1.82, 2.24) is 9.97 Å². The number of aromatic nitrogens is 2. The van der Waals surface area contributed by atoms with Gasteiger partial charge in [0.05, 0.1) is 5.56 Å². The van der Waals surface area contributed by atoms with Crippen molar-refractivity contribution < 1.29 is 5.11 Å². The Hall–Kier alpha value is -1.62. The van der Waals surface area contributed by atoms with E-state index in [-0.39, 0.29) is 17.4 Å². The second-order valence-electron chi connectivity index (χ2n) is 4.71. The molecule has 2 rings (SSSR count). The molecule has 1 heterocycles. The second-order valence-corrected chi connectivity index (χ2v) is 5.63. The SMILES string of the molecule is CC(C)c1c(O)nc(Cc2cccc(Br)c2)[nH]c1=O. The van der Waals surface area contributed by atoms with Crippen LogP contribution in [-0.2, 0) is 6.42 Å².